The third kappa shape index (κ3) is 3.77. The van der Waals surface area contributed by atoms with E-state index in [9.17, 15) is 4.79 Å². The predicted octanol–water partition coefficient (Wildman–Crippen LogP) is 1.92. The first-order chi connectivity index (χ1) is 14.1. The van der Waals surface area contributed by atoms with Crippen molar-refractivity contribution in [1.29, 1.82) is 0 Å². The average Bonchev–Trinajstić information content (AvgIpc) is 3.43. The van der Waals surface area contributed by atoms with Crippen molar-refractivity contribution in [2.75, 3.05) is 20.1 Å². The molecule has 1 unspecified atom stereocenters. The molecule has 1 amide bonds. The first-order valence-electron chi connectivity index (χ1n) is 9.91. The third-order valence-corrected chi connectivity index (χ3v) is 5.74. The second kappa shape index (κ2) is 8.12. The number of hydrogen-bond acceptors (Lipinski definition) is 6. The molecule has 1 aromatic carbocycles. The fourth-order valence-corrected chi connectivity index (χ4v) is 3.75. The lowest BCUT2D eigenvalue weighted by molar-refractivity contribution is 0.0735. The summed E-state index contributed by atoms with van der Waals surface area (Å²) in [7, 11) is 1.81. The summed E-state index contributed by atoms with van der Waals surface area (Å²) < 4.78 is 3.62. The highest BCUT2D eigenvalue weighted by atomic mass is 16.2. The SMILES string of the molecule is Cc1c(C(=O)N(C)C(C)c2ccc(-n3cncn3)cc2)nnn1C1CCNCC1. The maximum absolute atomic E-state index is 13.1. The van der Waals surface area contributed by atoms with Crippen molar-refractivity contribution in [2.24, 2.45) is 0 Å². The molecule has 0 aliphatic carbocycles. The zero-order valence-corrected chi connectivity index (χ0v) is 17.0. The number of piperidine rings is 1. The van der Waals surface area contributed by atoms with Gasteiger partial charge in [-0.3, -0.25) is 4.79 Å². The number of hydrogen-bond donors (Lipinski definition) is 1. The number of amides is 1. The van der Waals surface area contributed by atoms with Gasteiger partial charge in [0.15, 0.2) is 5.69 Å². The van der Waals surface area contributed by atoms with Gasteiger partial charge in [-0.1, -0.05) is 17.3 Å². The standard InChI is InChI=1S/C20H26N8O/c1-14(16-4-6-17(7-5-16)27-13-22-12-23-27)26(3)20(29)19-15(2)28(25-24-19)18-8-10-21-11-9-18/h4-7,12-14,18,21H,8-11H2,1-3H3. The molecular weight excluding hydrogens is 368 g/mol. The first-order valence-corrected chi connectivity index (χ1v) is 9.91. The van der Waals surface area contributed by atoms with Crippen LogP contribution >= 0.6 is 0 Å². The van der Waals surface area contributed by atoms with Gasteiger partial charge in [0, 0.05) is 7.05 Å². The quantitative estimate of drug-likeness (QED) is 0.711. The van der Waals surface area contributed by atoms with Crippen molar-refractivity contribution in [3.05, 3.63) is 53.9 Å². The average molecular weight is 394 g/mol. The van der Waals surface area contributed by atoms with Crippen LogP contribution in [0.15, 0.2) is 36.9 Å². The van der Waals surface area contributed by atoms with Crippen molar-refractivity contribution in [3.63, 3.8) is 0 Å². The molecule has 1 atom stereocenters. The van der Waals surface area contributed by atoms with Gasteiger partial charge in [-0.15, -0.1) is 5.10 Å². The molecule has 3 heterocycles. The molecule has 9 nitrogen and oxygen atoms in total. The molecule has 1 fully saturated rings. The van der Waals surface area contributed by atoms with E-state index in [1.54, 1.807) is 23.0 Å². The molecular formula is C20H26N8O. The molecule has 2 aromatic heterocycles. The van der Waals surface area contributed by atoms with Crippen LogP contribution in [0.2, 0.25) is 0 Å². The fraction of sp³-hybridized carbons (Fsp3) is 0.450. The van der Waals surface area contributed by atoms with Crippen LogP contribution in [-0.2, 0) is 0 Å². The van der Waals surface area contributed by atoms with E-state index in [1.165, 1.54) is 6.33 Å². The van der Waals surface area contributed by atoms with E-state index < -0.39 is 0 Å². The van der Waals surface area contributed by atoms with Gasteiger partial charge in [-0.05, 0) is 57.5 Å². The minimum absolute atomic E-state index is 0.101. The van der Waals surface area contributed by atoms with Crippen molar-refractivity contribution in [2.45, 2.75) is 38.8 Å². The highest BCUT2D eigenvalue weighted by Crippen LogP contribution is 2.24. The zero-order chi connectivity index (χ0) is 20.4. The number of carbonyl (C=O) groups excluding carboxylic acids is 1. The van der Waals surface area contributed by atoms with Crippen LogP contribution < -0.4 is 5.32 Å². The smallest absolute Gasteiger partial charge is 0.276 e. The lowest BCUT2D eigenvalue weighted by Gasteiger charge is -2.25. The van der Waals surface area contributed by atoms with Crippen molar-refractivity contribution in [3.8, 4) is 5.69 Å². The number of rotatable bonds is 5. The Balaban J connectivity index is 1.49. The largest absolute Gasteiger partial charge is 0.333 e. The van der Waals surface area contributed by atoms with Gasteiger partial charge >= 0.3 is 0 Å². The Morgan fingerprint density at radius 2 is 1.97 bits per heavy atom. The Labute approximate surface area is 169 Å². The van der Waals surface area contributed by atoms with E-state index in [4.69, 9.17) is 0 Å². The second-order valence-corrected chi connectivity index (χ2v) is 7.47. The molecule has 9 heteroatoms. The Morgan fingerprint density at radius 1 is 1.24 bits per heavy atom. The summed E-state index contributed by atoms with van der Waals surface area (Å²) in [6, 6.07) is 8.15. The Kier molecular flexibility index (Phi) is 5.39. The molecule has 152 valence electrons. The molecule has 29 heavy (non-hydrogen) atoms. The van der Waals surface area contributed by atoms with E-state index in [0.717, 1.165) is 42.9 Å². The molecule has 1 aliphatic rings. The summed E-state index contributed by atoms with van der Waals surface area (Å²) in [4.78, 5) is 18.8. The Morgan fingerprint density at radius 3 is 2.62 bits per heavy atom. The molecule has 0 saturated carbocycles. The van der Waals surface area contributed by atoms with Crippen LogP contribution in [0.1, 0.15) is 53.6 Å². The molecule has 4 rings (SSSR count). The Bertz CT molecular complexity index is 957. The Hall–Kier alpha value is -3.07. The van der Waals surface area contributed by atoms with Gasteiger partial charge in [-0.25, -0.2) is 14.3 Å². The molecule has 1 aliphatic heterocycles. The maximum atomic E-state index is 13.1. The number of nitrogens with one attached hydrogen (secondary N) is 1. The second-order valence-electron chi connectivity index (χ2n) is 7.47. The number of aromatic nitrogens is 6. The zero-order valence-electron chi connectivity index (χ0n) is 17.0. The van der Waals surface area contributed by atoms with E-state index in [-0.39, 0.29) is 11.9 Å². The van der Waals surface area contributed by atoms with Gasteiger partial charge in [0.05, 0.1) is 23.5 Å². The predicted molar refractivity (Wildman–Crippen MR) is 108 cm³/mol. The van der Waals surface area contributed by atoms with Crippen LogP contribution in [0, 0.1) is 6.92 Å². The van der Waals surface area contributed by atoms with E-state index in [2.05, 4.69) is 25.7 Å². The van der Waals surface area contributed by atoms with Crippen molar-refractivity contribution in [1.82, 2.24) is 40.0 Å². The summed E-state index contributed by atoms with van der Waals surface area (Å²) in [5, 5.41) is 16.0. The van der Waals surface area contributed by atoms with Gasteiger partial charge in [0.25, 0.3) is 5.91 Å². The highest BCUT2D eigenvalue weighted by Gasteiger charge is 2.27. The van der Waals surface area contributed by atoms with Crippen LogP contribution in [-0.4, -0.2) is 60.7 Å². The van der Waals surface area contributed by atoms with Crippen LogP contribution in [0.5, 0.6) is 0 Å². The summed E-state index contributed by atoms with van der Waals surface area (Å²) in [5.74, 6) is -0.115. The molecule has 3 aromatic rings. The molecule has 0 radical (unpaired) electrons. The number of nitrogens with zero attached hydrogens (tertiary/aromatic N) is 7. The number of carbonyl (C=O) groups is 1. The fourth-order valence-electron chi connectivity index (χ4n) is 3.75. The van der Waals surface area contributed by atoms with E-state index in [1.807, 2.05) is 42.8 Å². The summed E-state index contributed by atoms with van der Waals surface area (Å²) in [5.41, 5.74) is 3.22. The van der Waals surface area contributed by atoms with Gasteiger partial charge in [-0.2, -0.15) is 5.10 Å². The maximum Gasteiger partial charge on any atom is 0.276 e. The van der Waals surface area contributed by atoms with Gasteiger partial charge in [0.2, 0.25) is 0 Å². The van der Waals surface area contributed by atoms with Crippen LogP contribution in [0.25, 0.3) is 5.69 Å². The summed E-state index contributed by atoms with van der Waals surface area (Å²) >= 11 is 0. The molecule has 0 spiro atoms. The highest BCUT2D eigenvalue weighted by molar-refractivity contribution is 5.93. The monoisotopic (exact) mass is 394 g/mol. The van der Waals surface area contributed by atoms with Crippen molar-refractivity contribution >= 4 is 5.91 Å². The van der Waals surface area contributed by atoms with Gasteiger partial charge in [0.1, 0.15) is 12.7 Å². The lowest BCUT2D eigenvalue weighted by atomic mass is 10.1. The minimum Gasteiger partial charge on any atom is -0.333 e. The van der Waals surface area contributed by atoms with Gasteiger partial charge < -0.3 is 10.2 Å². The van der Waals surface area contributed by atoms with Crippen LogP contribution in [0.4, 0.5) is 0 Å². The van der Waals surface area contributed by atoms with Crippen molar-refractivity contribution < 1.29 is 4.79 Å². The minimum atomic E-state index is -0.115. The molecule has 1 N–H and O–H groups in total. The summed E-state index contributed by atoms with van der Waals surface area (Å²) in [6.07, 6.45) is 5.16. The third-order valence-electron chi connectivity index (χ3n) is 5.74. The van der Waals surface area contributed by atoms with E-state index >= 15 is 0 Å². The molecule has 0 bridgehead atoms. The van der Waals surface area contributed by atoms with Crippen LogP contribution in [0.3, 0.4) is 0 Å². The topological polar surface area (TPSA) is 93.8 Å². The van der Waals surface area contributed by atoms with E-state index in [0.29, 0.717) is 11.7 Å². The summed E-state index contributed by atoms with van der Waals surface area (Å²) in [6.45, 7) is 5.87. The molecule has 1 saturated heterocycles. The number of benzene rings is 1. The normalized spacial score (nSPS) is 16.0. The lowest BCUT2D eigenvalue weighted by Crippen LogP contribution is -2.31. The first kappa shape index (κ1) is 19.3.